The Balaban J connectivity index is 2.17. The van der Waals surface area contributed by atoms with Gasteiger partial charge in [0.2, 0.25) is 0 Å². The maximum atomic E-state index is 13.1. The predicted molar refractivity (Wildman–Crippen MR) is 93.1 cm³/mol. The summed E-state index contributed by atoms with van der Waals surface area (Å²) in [4.78, 5) is 17.8. The van der Waals surface area contributed by atoms with Crippen molar-refractivity contribution in [1.29, 1.82) is 0 Å². The number of rotatable bonds is 5. The van der Waals surface area contributed by atoms with Crippen molar-refractivity contribution in [1.82, 2.24) is 0 Å². The molecule has 0 spiro atoms. The van der Waals surface area contributed by atoms with Crippen molar-refractivity contribution in [3.05, 3.63) is 63.6 Å². The van der Waals surface area contributed by atoms with Gasteiger partial charge >= 0.3 is 0 Å². The van der Waals surface area contributed by atoms with Crippen LogP contribution in [-0.2, 0) is 0 Å². The predicted octanol–water partition coefficient (Wildman–Crippen LogP) is 2.16. The first-order chi connectivity index (χ1) is 11.5. The van der Waals surface area contributed by atoms with Gasteiger partial charge in [0.15, 0.2) is 5.78 Å². The lowest BCUT2D eigenvalue weighted by Gasteiger charge is -2.24. The normalized spacial score (nSPS) is 18.9. The average Bonchev–Trinajstić information content (AvgIpc) is 2.88. The summed E-state index contributed by atoms with van der Waals surface area (Å²) in [6.07, 6.45) is 0.375. The zero-order valence-electron chi connectivity index (χ0n) is 13.5. The molecule has 2 aromatic rings. The monoisotopic (exact) mass is 343 g/mol. The number of methoxy groups -OCH3 is 1. The molecule has 5 heteroatoms. The first kappa shape index (κ1) is 16.7. The third-order valence-electron chi connectivity index (χ3n) is 4.37. The number of aliphatic hydroxyl groups is 1. The van der Waals surface area contributed by atoms with Crippen molar-refractivity contribution in [3.63, 3.8) is 0 Å². The van der Waals surface area contributed by atoms with Gasteiger partial charge in [0.25, 0.3) is 0 Å². The van der Waals surface area contributed by atoms with Crippen molar-refractivity contribution in [2.45, 2.75) is 18.9 Å². The van der Waals surface area contributed by atoms with Gasteiger partial charge in [-0.05, 0) is 61.4 Å². The number of hydrogen-bond donors (Lipinski definition) is 1. The topological polar surface area (TPSA) is 58.9 Å². The molecule has 2 aromatic carbocycles. The number of Topliss-reactive ketones (excluding diaryl/α,β-unsaturated/α-hetero) is 1. The number of ketones is 1. The Morgan fingerprint density at radius 2 is 1.96 bits per heavy atom. The smallest absolute Gasteiger partial charge is 0.194 e. The van der Waals surface area contributed by atoms with E-state index in [1.165, 1.54) is 0 Å². The molecule has 1 aliphatic rings. The molecule has 1 unspecified atom stereocenters. The number of carbonyl (C=O) groups excluding carboxylic acids is 1. The molecule has 0 saturated carbocycles. The van der Waals surface area contributed by atoms with E-state index >= 15 is 0 Å². The van der Waals surface area contributed by atoms with E-state index in [1.807, 2.05) is 18.2 Å². The lowest BCUT2D eigenvalue weighted by Crippen LogP contribution is -2.35. The van der Waals surface area contributed by atoms with E-state index in [-0.39, 0.29) is 12.4 Å². The number of hydrogen-bond acceptors (Lipinski definition) is 4. The second kappa shape index (κ2) is 6.38. The van der Waals surface area contributed by atoms with Crippen molar-refractivity contribution in [2.24, 2.45) is 4.99 Å². The summed E-state index contributed by atoms with van der Waals surface area (Å²) >= 11 is 5.91. The van der Waals surface area contributed by atoms with Gasteiger partial charge in [-0.2, -0.15) is 0 Å². The fourth-order valence-electron chi connectivity index (χ4n) is 3.11. The highest BCUT2D eigenvalue weighted by atomic mass is 35.5. The Morgan fingerprint density at radius 3 is 2.58 bits per heavy atom. The lowest BCUT2D eigenvalue weighted by molar-refractivity contribution is 0.0935. The molecule has 0 saturated heterocycles. The summed E-state index contributed by atoms with van der Waals surface area (Å²) in [5.74, 6) is 0.584. The van der Waals surface area contributed by atoms with E-state index in [2.05, 4.69) is 4.99 Å². The highest BCUT2D eigenvalue weighted by Gasteiger charge is 2.40. The molecule has 24 heavy (non-hydrogen) atoms. The molecule has 1 aliphatic heterocycles. The van der Waals surface area contributed by atoms with Gasteiger partial charge in [-0.15, -0.1) is 0 Å². The molecule has 1 atom stereocenters. The summed E-state index contributed by atoms with van der Waals surface area (Å²) in [6.45, 7) is 1.74. The van der Waals surface area contributed by atoms with E-state index in [0.717, 1.165) is 16.1 Å². The zero-order chi connectivity index (χ0) is 17.3. The molecular formula is C19H18ClNO3. The highest BCUT2D eigenvalue weighted by molar-refractivity contribution is 6.30. The van der Waals surface area contributed by atoms with Crippen LogP contribution in [0.5, 0.6) is 5.75 Å². The van der Waals surface area contributed by atoms with Crippen LogP contribution in [-0.4, -0.2) is 30.1 Å². The maximum absolute atomic E-state index is 13.1. The summed E-state index contributed by atoms with van der Waals surface area (Å²) in [5.41, 5.74) is 0.311. The number of benzene rings is 2. The number of halogens is 1. The Kier molecular flexibility index (Phi) is 4.43. The van der Waals surface area contributed by atoms with Crippen LogP contribution in [0.2, 0.25) is 5.02 Å². The lowest BCUT2D eigenvalue weighted by atomic mass is 9.83. The van der Waals surface area contributed by atoms with Crippen LogP contribution in [0.3, 0.4) is 0 Å². The number of nitrogens with zero attached hydrogens (tertiary/aromatic N) is 1. The maximum Gasteiger partial charge on any atom is 0.194 e. The quantitative estimate of drug-likeness (QED) is 0.846. The van der Waals surface area contributed by atoms with E-state index in [4.69, 9.17) is 16.3 Å². The molecule has 0 aliphatic carbocycles. The standard InChI is InChI=1S/C19H18ClNO3/c1-19(18(23)12-3-5-13(20)6-4-12)16(9-10-22)15-11-14(24-2)7-8-17(15)21-19/h3-8,11,22H,9-10H2,1-2H3. The van der Waals surface area contributed by atoms with Gasteiger partial charge < -0.3 is 9.84 Å². The fourth-order valence-corrected chi connectivity index (χ4v) is 3.24. The van der Waals surface area contributed by atoms with Crippen LogP contribution < -0.4 is 15.3 Å². The van der Waals surface area contributed by atoms with Gasteiger partial charge in [-0.25, -0.2) is 0 Å². The zero-order valence-corrected chi connectivity index (χ0v) is 14.3. The fraction of sp³-hybridized carbons (Fsp3) is 0.263. The van der Waals surface area contributed by atoms with E-state index in [9.17, 15) is 9.90 Å². The summed E-state index contributed by atoms with van der Waals surface area (Å²) in [5, 5.41) is 11.6. The SMILES string of the molecule is COc1ccc2c(c1)=C(CCO)C(C)(C(=O)c1ccc(Cl)cc1)N=2. The summed E-state index contributed by atoms with van der Waals surface area (Å²) in [6, 6.07) is 12.3. The number of aliphatic hydroxyl groups excluding tert-OH is 1. The molecular weight excluding hydrogens is 326 g/mol. The van der Waals surface area contributed by atoms with Gasteiger partial charge in [0.05, 0.1) is 12.5 Å². The minimum atomic E-state index is -1.04. The molecule has 0 radical (unpaired) electrons. The van der Waals surface area contributed by atoms with Crippen molar-refractivity contribution in [3.8, 4) is 5.75 Å². The molecule has 0 bridgehead atoms. The molecule has 3 rings (SSSR count). The summed E-state index contributed by atoms with van der Waals surface area (Å²) in [7, 11) is 1.59. The Morgan fingerprint density at radius 1 is 1.25 bits per heavy atom. The third-order valence-corrected chi connectivity index (χ3v) is 4.62. The minimum Gasteiger partial charge on any atom is -0.497 e. The molecule has 0 aromatic heterocycles. The molecule has 0 amide bonds. The third kappa shape index (κ3) is 2.72. The van der Waals surface area contributed by atoms with Gasteiger partial charge in [0, 0.05) is 22.4 Å². The van der Waals surface area contributed by atoms with E-state index in [0.29, 0.717) is 22.8 Å². The number of fused-ring (bicyclic) bond motifs is 1. The molecule has 124 valence electrons. The van der Waals surface area contributed by atoms with Crippen molar-refractivity contribution in [2.75, 3.05) is 13.7 Å². The van der Waals surface area contributed by atoms with Crippen molar-refractivity contribution < 1.29 is 14.6 Å². The van der Waals surface area contributed by atoms with Crippen molar-refractivity contribution >= 4 is 23.0 Å². The van der Waals surface area contributed by atoms with Crippen LogP contribution in [0.4, 0.5) is 0 Å². The number of carbonyl (C=O) groups is 1. The summed E-state index contributed by atoms with van der Waals surface area (Å²) < 4.78 is 5.28. The Hall–Kier alpha value is -2.17. The van der Waals surface area contributed by atoms with Crippen LogP contribution in [0, 0.1) is 0 Å². The van der Waals surface area contributed by atoms with Gasteiger partial charge in [0.1, 0.15) is 11.3 Å². The van der Waals surface area contributed by atoms with Crippen LogP contribution in [0.15, 0.2) is 47.5 Å². The van der Waals surface area contributed by atoms with E-state index in [1.54, 1.807) is 38.3 Å². The van der Waals surface area contributed by atoms with Crippen LogP contribution in [0.25, 0.3) is 5.57 Å². The number of ether oxygens (including phenoxy) is 1. The Bertz CT molecular complexity index is 905. The average molecular weight is 344 g/mol. The first-order valence-corrected chi connectivity index (χ1v) is 8.06. The Labute approximate surface area is 145 Å². The van der Waals surface area contributed by atoms with Gasteiger partial charge in [-0.3, -0.25) is 9.79 Å². The minimum absolute atomic E-state index is 0.0506. The van der Waals surface area contributed by atoms with Gasteiger partial charge in [-0.1, -0.05) is 11.6 Å². The first-order valence-electron chi connectivity index (χ1n) is 7.68. The van der Waals surface area contributed by atoms with Crippen LogP contribution >= 0.6 is 11.6 Å². The van der Waals surface area contributed by atoms with E-state index < -0.39 is 5.54 Å². The molecule has 0 fully saturated rings. The largest absolute Gasteiger partial charge is 0.497 e. The molecule has 4 nitrogen and oxygen atoms in total. The second-order valence-corrected chi connectivity index (χ2v) is 6.29. The molecule has 1 N–H and O–H groups in total. The highest BCUT2D eigenvalue weighted by Crippen LogP contribution is 2.31. The van der Waals surface area contributed by atoms with Crippen LogP contribution in [0.1, 0.15) is 23.7 Å². The second-order valence-electron chi connectivity index (χ2n) is 5.86. The molecule has 1 heterocycles.